The number of hydrogen-bond acceptors (Lipinski definition) is 2. The number of rotatable bonds is 5. The van der Waals surface area contributed by atoms with E-state index in [0.29, 0.717) is 0 Å². The number of imidazole rings is 1. The van der Waals surface area contributed by atoms with Crippen LogP contribution in [0.4, 0.5) is 0 Å². The largest absolute Gasteiger partial charge is 0.323 e. The third-order valence-electron chi connectivity index (χ3n) is 4.09. The second-order valence-electron chi connectivity index (χ2n) is 5.64. The Labute approximate surface area is 140 Å². The zero-order valence-corrected chi connectivity index (χ0v) is 13.7. The monoisotopic (exact) mass is 318 g/mol. The highest BCUT2D eigenvalue weighted by atomic mass is 32.1. The molecule has 114 valence electrons. The lowest BCUT2D eigenvalue weighted by Crippen LogP contribution is -2.01. The molecule has 0 saturated carbocycles. The number of fused-ring (bicyclic) bond motifs is 1. The van der Waals surface area contributed by atoms with Crippen molar-refractivity contribution >= 4 is 22.4 Å². The summed E-state index contributed by atoms with van der Waals surface area (Å²) in [5.74, 6) is 1.09. The molecule has 2 aromatic heterocycles. The summed E-state index contributed by atoms with van der Waals surface area (Å²) < 4.78 is 2.37. The van der Waals surface area contributed by atoms with Gasteiger partial charge in [-0.25, -0.2) is 4.98 Å². The molecule has 0 amide bonds. The molecule has 0 fully saturated rings. The van der Waals surface area contributed by atoms with Gasteiger partial charge < -0.3 is 4.57 Å². The van der Waals surface area contributed by atoms with Crippen molar-refractivity contribution in [3.05, 3.63) is 77.7 Å². The van der Waals surface area contributed by atoms with Gasteiger partial charge in [0, 0.05) is 6.54 Å². The molecule has 0 N–H and O–H groups in total. The van der Waals surface area contributed by atoms with E-state index >= 15 is 0 Å². The van der Waals surface area contributed by atoms with E-state index in [9.17, 15) is 0 Å². The third-order valence-corrected chi connectivity index (χ3v) is 4.95. The minimum atomic E-state index is 0.989. The van der Waals surface area contributed by atoms with Crippen molar-refractivity contribution in [3.8, 4) is 10.7 Å². The maximum absolute atomic E-state index is 4.85. The van der Waals surface area contributed by atoms with Crippen LogP contribution in [-0.4, -0.2) is 9.55 Å². The van der Waals surface area contributed by atoms with Crippen LogP contribution >= 0.6 is 11.3 Å². The lowest BCUT2D eigenvalue weighted by Gasteiger charge is -2.08. The molecule has 4 rings (SSSR count). The minimum Gasteiger partial charge on any atom is -0.323 e. The Kier molecular flexibility index (Phi) is 3.95. The first-order valence-corrected chi connectivity index (χ1v) is 8.83. The molecular weight excluding hydrogens is 300 g/mol. The molecule has 2 heterocycles. The number of hydrogen-bond donors (Lipinski definition) is 0. The molecule has 2 aromatic carbocycles. The zero-order valence-electron chi connectivity index (χ0n) is 12.9. The topological polar surface area (TPSA) is 17.8 Å². The molecule has 3 heteroatoms. The molecule has 0 bridgehead atoms. The molecule has 0 radical (unpaired) electrons. The number of benzene rings is 2. The Balaban J connectivity index is 1.64. The molecule has 0 aliphatic carbocycles. The first kappa shape index (κ1) is 14.2. The van der Waals surface area contributed by atoms with Gasteiger partial charge in [0.05, 0.1) is 15.9 Å². The lowest BCUT2D eigenvalue weighted by molar-refractivity contribution is 0.663. The van der Waals surface area contributed by atoms with Gasteiger partial charge in [0.15, 0.2) is 5.82 Å². The number of thiophene rings is 1. The van der Waals surface area contributed by atoms with Gasteiger partial charge in [-0.1, -0.05) is 48.5 Å². The van der Waals surface area contributed by atoms with Crippen molar-refractivity contribution in [2.75, 3.05) is 0 Å². The molecule has 23 heavy (non-hydrogen) atoms. The van der Waals surface area contributed by atoms with Gasteiger partial charge in [0.1, 0.15) is 0 Å². The van der Waals surface area contributed by atoms with Gasteiger partial charge in [-0.2, -0.15) is 0 Å². The molecule has 0 atom stereocenters. The van der Waals surface area contributed by atoms with Gasteiger partial charge in [-0.3, -0.25) is 0 Å². The SMILES string of the molecule is c1ccc(CCCn2c(-c3cccs3)nc3ccccc32)cc1. The summed E-state index contributed by atoms with van der Waals surface area (Å²) in [5.41, 5.74) is 3.70. The van der Waals surface area contributed by atoms with Crippen LogP contribution in [-0.2, 0) is 13.0 Å². The van der Waals surface area contributed by atoms with Crippen LogP contribution in [0.2, 0.25) is 0 Å². The molecule has 4 aromatic rings. The van der Waals surface area contributed by atoms with Crippen molar-refractivity contribution < 1.29 is 0 Å². The highest BCUT2D eigenvalue weighted by Gasteiger charge is 2.12. The van der Waals surface area contributed by atoms with E-state index in [2.05, 4.69) is 76.7 Å². The first-order chi connectivity index (χ1) is 11.4. The molecule has 0 saturated heterocycles. The normalized spacial score (nSPS) is 11.1. The molecule has 0 aliphatic rings. The van der Waals surface area contributed by atoms with Crippen molar-refractivity contribution in [2.45, 2.75) is 19.4 Å². The molecule has 0 spiro atoms. The van der Waals surface area contributed by atoms with Crippen LogP contribution in [0.3, 0.4) is 0 Å². The van der Waals surface area contributed by atoms with E-state index in [1.54, 1.807) is 11.3 Å². The predicted octanol–water partition coefficient (Wildman–Crippen LogP) is 5.40. The Morgan fingerprint density at radius 3 is 2.52 bits per heavy atom. The predicted molar refractivity (Wildman–Crippen MR) is 97.8 cm³/mol. The zero-order chi connectivity index (χ0) is 15.5. The first-order valence-electron chi connectivity index (χ1n) is 7.95. The van der Waals surface area contributed by atoms with Crippen molar-refractivity contribution in [1.82, 2.24) is 9.55 Å². The summed E-state index contributed by atoms with van der Waals surface area (Å²) in [6.07, 6.45) is 2.21. The van der Waals surface area contributed by atoms with Crippen LogP contribution in [0.25, 0.3) is 21.7 Å². The van der Waals surface area contributed by atoms with E-state index in [1.807, 2.05) is 0 Å². The molecular formula is C20H18N2S. The Morgan fingerprint density at radius 2 is 1.70 bits per heavy atom. The van der Waals surface area contributed by atoms with Crippen LogP contribution < -0.4 is 0 Å². The fraction of sp³-hybridized carbons (Fsp3) is 0.150. The van der Waals surface area contributed by atoms with Crippen molar-refractivity contribution in [1.29, 1.82) is 0 Å². The number of aryl methyl sites for hydroxylation is 2. The summed E-state index contributed by atoms with van der Waals surface area (Å²) in [6, 6.07) is 23.4. The Bertz CT molecular complexity index is 892. The average Bonchev–Trinajstić information content (AvgIpc) is 3.24. The van der Waals surface area contributed by atoms with Crippen LogP contribution in [0.15, 0.2) is 72.1 Å². The third kappa shape index (κ3) is 2.92. The van der Waals surface area contributed by atoms with E-state index in [4.69, 9.17) is 4.98 Å². The van der Waals surface area contributed by atoms with Crippen LogP contribution in [0.1, 0.15) is 12.0 Å². The van der Waals surface area contributed by atoms with E-state index < -0.39 is 0 Å². The second-order valence-corrected chi connectivity index (χ2v) is 6.59. The van der Waals surface area contributed by atoms with Gasteiger partial charge >= 0.3 is 0 Å². The summed E-state index contributed by atoms with van der Waals surface area (Å²) in [4.78, 5) is 6.09. The minimum absolute atomic E-state index is 0.989. The van der Waals surface area contributed by atoms with Crippen LogP contribution in [0, 0.1) is 0 Å². The maximum Gasteiger partial charge on any atom is 0.151 e. The number of aromatic nitrogens is 2. The molecule has 2 nitrogen and oxygen atoms in total. The second kappa shape index (κ2) is 6.39. The summed E-state index contributed by atoms with van der Waals surface area (Å²) in [5, 5.41) is 2.11. The highest BCUT2D eigenvalue weighted by Crippen LogP contribution is 2.28. The van der Waals surface area contributed by atoms with Crippen molar-refractivity contribution in [3.63, 3.8) is 0 Å². The van der Waals surface area contributed by atoms with E-state index in [-0.39, 0.29) is 0 Å². The molecule has 0 aliphatic heterocycles. The Morgan fingerprint density at radius 1 is 0.870 bits per heavy atom. The Hall–Kier alpha value is -2.39. The van der Waals surface area contributed by atoms with E-state index in [0.717, 1.165) is 30.7 Å². The van der Waals surface area contributed by atoms with Crippen LogP contribution in [0.5, 0.6) is 0 Å². The summed E-state index contributed by atoms with van der Waals surface area (Å²) in [7, 11) is 0. The van der Waals surface area contributed by atoms with Gasteiger partial charge in [0.25, 0.3) is 0 Å². The van der Waals surface area contributed by atoms with E-state index in [1.165, 1.54) is 16.0 Å². The van der Waals surface area contributed by atoms with Gasteiger partial charge in [-0.05, 0) is 42.0 Å². The maximum atomic E-state index is 4.85. The number of para-hydroxylation sites is 2. The van der Waals surface area contributed by atoms with Gasteiger partial charge in [-0.15, -0.1) is 11.3 Å². The summed E-state index contributed by atoms with van der Waals surface area (Å²) in [6.45, 7) is 0.989. The fourth-order valence-corrected chi connectivity index (χ4v) is 3.70. The standard InChI is InChI=1S/C20H18N2S/c1-2-8-16(9-3-1)10-6-14-22-18-12-5-4-11-17(18)21-20(22)19-13-7-15-23-19/h1-5,7-9,11-13,15H,6,10,14H2. The molecule has 0 unspecified atom stereocenters. The van der Waals surface area contributed by atoms with Crippen molar-refractivity contribution in [2.24, 2.45) is 0 Å². The van der Waals surface area contributed by atoms with Gasteiger partial charge in [0.2, 0.25) is 0 Å². The lowest BCUT2D eigenvalue weighted by atomic mass is 10.1. The number of nitrogens with zero attached hydrogens (tertiary/aromatic N) is 2. The average molecular weight is 318 g/mol. The highest BCUT2D eigenvalue weighted by molar-refractivity contribution is 7.13. The smallest absolute Gasteiger partial charge is 0.151 e. The quantitative estimate of drug-likeness (QED) is 0.482. The fourth-order valence-electron chi connectivity index (χ4n) is 2.98. The summed E-state index contributed by atoms with van der Waals surface area (Å²) >= 11 is 1.75.